The van der Waals surface area contributed by atoms with E-state index < -0.39 is 21.1 Å². The van der Waals surface area contributed by atoms with E-state index in [0.717, 1.165) is 19.3 Å². The molecule has 0 aliphatic carbocycles. The molecule has 2 N–H and O–H groups in total. The zero-order valence-electron chi connectivity index (χ0n) is 13.6. The third-order valence-electron chi connectivity index (χ3n) is 4.21. The van der Waals surface area contributed by atoms with Crippen molar-refractivity contribution in [2.24, 2.45) is 11.4 Å². The minimum absolute atomic E-state index is 0.0359. The molecule has 1 aliphatic heterocycles. The van der Waals surface area contributed by atoms with E-state index in [1.807, 2.05) is 0 Å². The number of benzene rings is 1. The second-order valence-electron chi connectivity index (χ2n) is 6.01. The fourth-order valence-corrected chi connectivity index (χ4v) is 5.33. The number of halogens is 1. The number of hydrogen-bond donors (Lipinski definition) is 2. The summed E-state index contributed by atoms with van der Waals surface area (Å²) in [7, 11) is -1.01. The summed E-state index contributed by atoms with van der Waals surface area (Å²) >= 11 is 6.28. The normalized spacial score (nSPS) is 16.6. The van der Waals surface area contributed by atoms with E-state index in [-0.39, 0.29) is 27.6 Å². The van der Waals surface area contributed by atoms with Crippen molar-refractivity contribution in [3.8, 4) is 5.75 Å². The molecule has 1 saturated heterocycles. The highest BCUT2D eigenvalue weighted by Crippen LogP contribution is 2.39. The van der Waals surface area contributed by atoms with Crippen LogP contribution in [0.25, 0.3) is 0 Å². The van der Waals surface area contributed by atoms with Crippen LogP contribution in [0.15, 0.2) is 27.5 Å². The van der Waals surface area contributed by atoms with Crippen LogP contribution >= 0.6 is 11.6 Å². The molecule has 0 bridgehead atoms. The number of phenolic OH excluding ortho intramolecular Hbond substituents is 1. The zero-order valence-corrected chi connectivity index (χ0v) is 15.2. The molecule has 0 amide bonds. The maximum atomic E-state index is 12.8. The fraction of sp³-hybridized carbons (Fsp3) is 0.375. The molecule has 0 atom stereocenters. The molecule has 25 heavy (non-hydrogen) atoms. The predicted octanol–water partition coefficient (Wildman–Crippen LogP) is 2.59. The van der Waals surface area contributed by atoms with E-state index in [0.29, 0.717) is 11.5 Å². The predicted molar refractivity (Wildman–Crippen MR) is 96.4 cm³/mol. The number of phenols is 1. The lowest BCUT2D eigenvalue weighted by Crippen LogP contribution is -2.19. The monoisotopic (exact) mass is 383 g/mol. The van der Waals surface area contributed by atoms with Crippen LogP contribution in [0.4, 0.5) is 5.69 Å². The highest BCUT2D eigenvalue weighted by atomic mass is 35.5. The van der Waals surface area contributed by atoms with Crippen molar-refractivity contribution < 1.29 is 14.1 Å². The quantitative estimate of drug-likeness (QED) is 0.794. The Morgan fingerprint density at radius 1 is 1.28 bits per heavy atom. The summed E-state index contributed by atoms with van der Waals surface area (Å²) < 4.78 is 18.2. The van der Waals surface area contributed by atoms with Gasteiger partial charge in [-0.2, -0.15) is 4.36 Å². The molecule has 1 aromatic carbocycles. The lowest BCUT2D eigenvalue weighted by Gasteiger charge is -2.16. The molecule has 0 saturated carbocycles. The van der Waals surface area contributed by atoms with Gasteiger partial charge in [0.15, 0.2) is 0 Å². The number of carbonyl (C=O) groups is 1. The number of aromatic amines is 1. The fourth-order valence-electron chi connectivity index (χ4n) is 2.78. The highest BCUT2D eigenvalue weighted by Gasteiger charge is 2.23. The van der Waals surface area contributed by atoms with E-state index in [9.17, 15) is 18.9 Å². The third-order valence-corrected chi connectivity index (χ3v) is 6.96. The Morgan fingerprint density at radius 3 is 2.56 bits per heavy atom. The van der Waals surface area contributed by atoms with E-state index in [4.69, 9.17) is 11.6 Å². The molecule has 3 rings (SSSR count). The average Bonchev–Trinajstić information content (AvgIpc) is 2.91. The summed E-state index contributed by atoms with van der Waals surface area (Å²) in [6.07, 6.45) is 3.91. The van der Waals surface area contributed by atoms with E-state index in [1.165, 1.54) is 30.1 Å². The van der Waals surface area contributed by atoms with Crippen molar-refractivity contribution in [3.05, 3.63) is 44.8 Å². The van der Waals surface area contributed by atoms with Crippen LogP contribution in [0.5, 0.6) is 5.75 Å². The van der Waals surface area contributed by atoms with Gasteiger partial charge in [0.2, 0.25) is 5.78 Å². The summed E-state index contributed by atoms with van der Waals surface area (Å²) in [5, 5.41) is 12.6. The van der Waals surface area contributed by atoms with Gasteiger partial charge in [0.05, 0.1) is 14.8 Å². The summed E-state index contributed by atoms with van der Waals surface area (Å²) in [5.41, 5.74) is -0.561. The van der Waals surface area contributed by atoms with Gasteiger partial charge in [-0.15, -0.1) is 0 Å². The van der Waals surface area contributed by atoms with Gasteiger partial charge in [-0.3, -0.25) is 14.3 Å². The molecule has 1 aromatic heterocycles. The van der Waals surface area contributed by atoms with Crippen LogP contribution in [-0.4, -0.2) is 36.4 Å². The molecule has 0 unspecified atom stereocenters. The molecule has 9 heteroatoms. The number of hydrogen-bond acceptors (Lipinski definition) is 5. The summed E-state index contributed by atoms with van der Waals surface area (Å²) in [6.45, 7) is 0. The van der Waals surface area contributed by atoms with E-state index >= 15 is 0 Å². The minimum atomic E-state index is -2.50. The number of aryl methyl sites for hydroxylation is 1. The number of nitrogens with zero attached hydrogens (tertiary/aromatic N) is 2. The van der Waals surface area contributed by atoms with Crippen molar-refractivity contribution in [2.75, 3.05) is 11.5 Å². The van der Waals surface area contributed by atoms with Gasteiger partial charge in [-0.25, -0.2) is 4.21 Å². The maximum absolute atomic E-state index is 12.8. The molecule has 2 aromatic rings. The largest absolute Gasteiger partial charge is 0.506 e. The number of aromatic nitrogens is 2. The van der Waals surface area contributed by atoms with Crippen molar-refractivity contribution in [3.63, 3.8) is 0 Å². The molecule has 1 aliphatic rings. The van der Waals surface area contributed by atoms with E-state index in [2.05, 4.69) is 9.46 Å². The Bertz CT molecular complexity index is 1000. The zero-order chi connectivity index (χ0) is 18.2. The first kappa shape index (κ1) is 17.8. The van der Waals surface area contributed by atoms with Gasteiger partial charge < -0.3 is 10.2 Å². The second kappa shape index (κ2) is 6.68. The van der Waals surface area contributed by atoms with Gasteiger partial charge in [-0.1, -0.05) is 18.0 Å². The first-order valence-electron chi connectivity index (χ1n) is 7.85. The van der Waals surface area contributed by atoms with Crippen LogP contribution in [0.2, 0.25) is 5.02 Å². The van der Waals surface area contributed by atoms with Gasteiger partial charge >= 0.3 is 0 Å². The van der Waals surface area contributed by atoms with Crippen LogP contribution in [-0.2, 0) is 16.8 Å². The Hall–Kier alpha value is -2.06. The summed E-state index contributed by atoms with van der Waals surface area (Å²) in [5.74, 6) is 0.0669. The Kier molecular flexibility index (Phi) is 4.75. The van der Waals surface area contributed by atoms with Crippen molar-refractivity contribution in [1.82, 2.24) is 9.78 Å². The second-order valence-corrected chi connectivity index (χ2v) is 8.93. The van der Waals surface area contributed by atoms with Gasteiger partial charge in [-0.05, 0) is 25.0 Å². The standard InChI is InChI=1S/C16H18ClN3O4S/c1-20-16(23)11(9-18-20)15(22)10-5-6-12(21)14(13(10)17)19-25(24)7-3-2-4-8-25/h5-6,9,18,21H,2-4,7-8H2,1H3. The van der Waals surface area contributed by atoms with Crippen molar-refractivity contribution >= 4 is 32.8 Å². The number of ketones is 1. The Balaban J connectivity index is 2.11. The van der Waals surface area contributed by atoms with Gasteiger partial charge in [0, 0.05) is 30.3 Å². The number of carbonyl (C=O) groups excluding carboxylic acids is 1. The van der Waals surface area contributed by atoms with Gasteiger partial charge in [0.1, 0.15) is 17.0 Å². The molecule has 7 nitrogen and oxygen atoms in total. The highest BCUT2D eigenvalue weighted by molar-refractivity contribution is 7.93. The number of rotatable bonds is 3. The molecule has 1 fully saturated rings. The van der Waals surface area contributed by atoms with Crippen molar-refractivity contribution in [2.45, 2.75) is 19.3 Å². The first-order chi connectivity index (χ1) is 11.8. The molecular weight excluding hydrogens is 366 g/mol. The van der Waals surface area contributed by atoms with Crippen LogP contribution in [0.3, 0.4) is 0 Å². The summed E-state index contributed by atoms with van der Waals surface area (Å²) in [4.78, 5) is 24.6. The third kappa shape index (κ3) is 3.36. The Morgan fingerprint density at radius 2 is 1.96 bits per heavy atom. The molecule has 134 valence electrons. The maximum Gasteiger partial charge on any atom is 0.277 e. The minimum Gasteiger partial charge on any atom is -0.506 e. The van der Waals surface area contributed by atoms with E-state index in [1.54, 1.807) is 0 Å². The van der Waals surface area contributed by atoms with Crippen LogP contribution in [0.1, 0.15) is 35.2 Å². The summed E-state index contributed by atoms with van der Waals surface area (Å²) in [6, 6.07) is 2.61. The number of aromatic hydroxyl groups is 1. The lowest BCUT2D eigenvalue weighted by atomic mass is 10.1. The number of H-pyrrole nitrogens is 1. The topological polar surface area (TPSA) is 105 Å². The molecule has 0 spiro atoms. The molecule has 2 heterocycles. The van der Waals surface area contributed by atoms with Crippen LogP contribution < -0.4 is 5.56 Å². The molecular formula is C16H18ClN3O4S. The van der Waals surface area contributed by atoms with Crippen LogP contribution in [0, 0.1) is 0 Å². The average molecular weight is 384 g/mol. The molecule has 0 radical (unpaired) electrons. The first-order valence-corrected chi connectivity index (χ1v) is 10.1. The SMILES string of the molecule is Cn1[nH]cc(C(=O)c2ccc(O)c(N=S3(=O)CCCCC3)c2Cl)c1=O. The number of nitrogens with one attached hydrogen (secondary N) is 1. The van der Waals surface area contributed by atoms with Crippen molar-refractivity contribution in [1.29, 1.82) is 0 Å². The van der Waals surface area contributed by atoms with Gasteiger partial charge in [0.25, 0.3) is 5.56 Å². The lowest BCUT2D eigenvalue weighted by molar-refractivity contribution is 0.103. The Labute approximate surface area is 149 Å². The smallest absolute Gasteiger partial charge is 0.277 e.